The standard InChI is InChI=1S/C12H21F3N2O/c1-4-8(3)10-11(18)17(9(5-2)16-10)7-6-12(13,14)15/h8-10,16H,4-7H2,1-3H3. The van der Waals surface area contributed by atoms with Crippen LogP contribution in [0.2, 0.25) is 0 Å². The van der Waals surface area contributed by atoms with E-state index in [9.17, 15) is 18.0 Å². The van der Waals surface area contributed by atoms with Gasteiger partial charge in [-0.2, -0.15) is 13.2 Å². The van der Waals surface area contributed by atoms with E-state index in [1.165, 1.54) is 4.90 Å². The lowest BCUT2D eigenvalue weighted by Gasteiger charge is -2.23. The highest BCUT2D eigenvalue weighted by molar-refractivity contribution is 5.84. The summed E-state index contributed by atoms with van der Waals surface area (Å²) < 4.78 is 36.7. The third kappa shape index (κ3) is 3.60. The third-order valence-electron chi connectivity index (χ3n) is 3.53. The first kappa shape index (κ1) is 15.3. The summed E-state index contributed by atoms with van der Waals surface area (Å²) >= 11 is 0. The highest BCUT2D eigenvalue weighted by Crippen LogP contribution is 2.25. The van der Waals surface area contributed by atoms with Gasteiger partial charge in [-0.3, -0.25) is 10.1 Å². The van der Waals surface area contributed by atoms with Gasteiger partial charge in [0.15, 0.2) is 0 Å². The first-order valence-corrected chi connectivity index (χ1v) is 6.43. The first-order valence-electron chi connectivity index (χ1n) is 6.43. The van der Waals surface area contributed by atoms with Gasteiger partial charge in [0.05, 0.1) is 18.6 Å². The summed E-state index contributed by atoms with van der Waals surface area (Å²) in [6.45, 7) is 5.53. The van der Waals surface area contributed by atoms with Gasteiger partial charge >= 0.3 is 6.18 Å². The molecule has 1 N–H and O–H groups in total. The van der Waals surface area contributed by atoms with E-state index in [2.05, 4.69) is 5.32 Å². The quantitative estimate of drug-likeness (QED) is 0.829. The molecule has 1 aliphatic rings. The maximum Gasteiger partial charge on any atom is 0.390 e. The summed E-state index contributed by atoms with van der Waals surface area (Å²) in [5.74, 6) is -0.0529. The average molecular weight is 266 g/mol. The van der Waals surface area contributed by atoms with Crippen LogP contribution in [0, 0.1) is 5.92 Å². The van der Waals surface area contributed by atoms with Crippen molar-refractivity contribution in [3.8, 4) is 0 Å². The molecule has 0 aromatic rings. The zero-order valence-electron chi connectivity index (χ0n) is 11.0. The fraction of sp³-hybridized carbons (Fsp3) is 0.917. The van der Waals surface area contributed by atoms with E-state index in [-0.39, 0.29) is 30.6 Å². The molecule has 18 heavy (non-hydrogen) atoms. The van der Waals surface area contributed by atoms with Crippen molar-refractivity contribution in [2.45, 2.75) is 58.4 Å². The monoisotopic (exact) mass is 266 g/mol. The van der Waals surface area contributed by atoms with Crippen molar-refractivity contribution in [1.82, 2.24) is 10.2 Å². The Morgan fingerprint density at radius 2 is 2.00 bits per heavy atom. The van der Waals surface area contributed by atoms with E-state index >= 15 is 0 Å². The molecule has 0 aromatic heterocycles. The summed E-state index contributed by atoms with van der Waals surface area (Å²) in [6, 6.07) is -0.340. The fourth-order valence-electron chi connectivity index (χ4n) is 2.20. The van der Waals surface area contributed by atoms with Crippen LogP contribution in [0.25, 0.3) is 0 Å². The highest BCUT2D eigenvalue weighted by Gasteiger charge is 2.41. The molecule has 3 unspecified atom stereocenters. The number of rotatable bonds is 5. The lowest BCUT2D eigenvalue weighted by atomic mass is 9.99. The number of carbonyl (C=O) groups is 1. The van der Waals surface area contributed by atoms with Gasteiger partial charge in [0.25, 0.3) is 0 Å². The molecule has 0 saturated carbocycles. The lowest BCUT2D eigenvalue weighted by Crippen LogP contribution is -2.38. The van der Waals surface area contributed by atoms with Crippen molar-refractivity contribution < 1.29 is 18.0 Å². The normalized spacial score (nSPS) is 26.8. The summed E-state index contributed by atoms with van der Waals surface area (Å²) in [5.41, 5.74) is 0. The van der Waals surface area contributed by atoms with Crippen LogP contribution in [0.15, 0.2) is 0 Å². The number of hydrogen-bond donors (Lipinski definition) is 1. The third-order valence-corrected chi connectivity index (χ3v) is 3.53. The fourth-order valence-corrected chi connectivity index (χ4v) is 2.20. The second-order valence-corrected chi connectivity index (χ2v) is 4.85. The van der Waals surface area contributed by atoms with Crippen LogP contribution in [-0.4, -0.2) is 35.7 Å². The summed E-state index contributed by atoms with van der Waals surface area (Å²) in [5, 5.41) is 3.14. The SMILES string of the molecule is CCC(C)C1NC(CC)N(CCC(F)(F)F)C1=O. The van der Waals surface area contributed by atoms with Crippen molar-refractivity contribution in [3.63, 3.8) is 0 Å². The van der Waals surface area contributed by atoms with E-state index < -0.39 is 12.6 Å². The van der Waals surface area contributed by atoms with E-state index in [0.29, 0.717) is 6.42 Å². The number of alkyl halides is 3. The number of nitrogens with zero attached hydrogens (tertiary/aromatic N) is 1. The maximum atomic E-state index is 12.2. The molecule has 6 heteroatoms. The van der Waals surface area contributed by atoms with Gasteiger partial charge < -0.3 is 4.90 Å². The van der Waals surface area contributed by atoms with Crippen LogP contribution < -0.4 is 5.32 Å². The van der Waals surface area contributed by atoms with E-state index in [1.807, 2.05) is 20.8 Å². The summed E-state index contributed by atoms with van der Waals surface area (Å²) in [6.07, 6.45) is -3.97. The van der Waals surface area contributed by atoms with Crippen molar-refractivity contribution in [2.75, 3.05) is 6.54 Å². The van der Waals surface area contributed by atoms with Crippen molar-refractivity contribution in [1.29, 1.82) is 0 Å². The number of halogens is 3. The molecule has 1 aliphatic heterocycles. The molecule has 0 aromatic carbocycles. The minimum absolute atomic E-state index is 0.141. The van der Waals surface area contributed by atoms with E-state index in [1.54, 1.807) is 0 Å². The first-order chi connectivity index (χ1) is 8.30. The van der Waals surface area contributed by atoms with Crippen molar-refractivity contribution >= 4 is 5.91 Å². The number of carbonyl (C=O) groups excluding carboxylic acids is 1. The Hall–Kier alpha value is -0.780. The molecule has 1 heterocycles. The Balaban J connectivity index is 2.68. The number of nitrogens with one attached hydrogen (secondary N) is 1. The van der Waals surface area contributed by atoms with Gasteiger partial charge in [-0.15, -0.1) is 0 Å². The molecule has 0 radical (unpaired) electrons. The molecule has 106 valence electrons. The summed E-state index contributed by atoms with van der Waals surface area (Å²) in [7, 11) is 0. The van der Waals surface area contributed by atoms with E-state index in [0.717, 1.165) is 6.42 Å². The molecule has 0 aliphatic carbocycles. The Morgan fingerprint density at radius 1 is 1.39 bits per heavy atom. The molecule has 1 rings (SSSR count). The second-order valence-electron chi connectivity index (χ2n) is 4.85. The van der Waals surface area contributed by atoms with Gasteiger partial charge in [0.2, 0.25) is 5.91 Å². The molecular weight excluding hydrogens is 245 g/mol. The molecule has 1 fully saturated rings. The smallest absolute Gasteiger partial charge is 0.325 e. The van der Waals surface area contributed by atoms with Gasteiger partial charge in [0.1, 0.15) is 0 Å². The van der Waals surface area contributed by atoms with Gasteiger partial charge in [-0.1, -0.05) is 27.2 Å². The average Bonchev–Trinajstić information content (AvgIpc) is 2.61. The van der Waals surface area contributed by atoms with Crippen LogP contribution in [0.5, 0.6) is 0 Å². The van der Waals surface area contributed by atoms with Crippen LogP contribution in [0.1, 0.15) is 40.0 Å². The Morgan fingerprint density at radius 3 is 2.44 bits per heavy atom. The van der Waals surface area contributed by atoms with Crippen molar-refractivity contribution in [2.24, 2.45) is 5.92 Å². The number of amides is 1. The van der Waals surface area contributed by atoms with E-state index in [4.69, 9.17) is 0 Å². The van der Waals surface area contributed by atoms with Crippen LogP contribution in [0.3, 0.4) is 0 Å². The molecular formula is C12H21F3N2O. The van der Waals surface area contributed by atoms with Crippen molar-refractivity contribution in [3.05, 3.63) is 0 Å². The number of hydrogen-bond acceptors (Lipinski definition) is 2. The Labute approximate surface area is 106 Å². The lowest BCUT2D eigenvalue weighted by molar-refractivity contribution is -0.145. The van der Waals surface area contributed by atoms with Gasteiger partial charge in [-0.25, -0.2) is 0 Å². The topological polar surface area (TPSA) is 32.3 Å². The van der Waals surface area contributed by atoms with Crippen LogP contribution >= 0.6 is 0 Å². The largest absolute Gasteiger partial charge is 0.390 e. The van der Waals surface area contributed by atoms with Gasteiger partial charge in [0, 0.05) is 6.54 Å². The predicted molar refractivity (Wildman–Crippen MR) is 62.8 cm³/mol. The molecule has 1 saturated heterocycles. The predicted octanol–water partition coefficient (Wildman–Crippen LogP) is 2.52. The molecule has 3 nitrogen and oxygen atoms in total. The molecule has 0 bridgehead atoms. The second kappa shape index (κ2) is 5.91. The van der Waals surface area contributed by atoms with Crippen LogP contribution in [-0.2, 0) is 4.79 Å². The zero-order valence-corrected chi connectivity index (χ0v) is 11.0. The van der Waals surface area contributed by atoms with Crippen LogP contribution in [0.4, 0.5) is 13.2 Å². The molecule has 0 spiro atoms. The molecule has 3 atom stereocenters. The summed E-state index contributed by atoms with van der Waals surface area (Å²) in [4.78, 5) is 13.4. The Bertz CT molecular complexity index is 294. The minimum atomic E-state index is -4.22. The molecule has 1 amide bonds. The Kier molecular flexibility index (Phi) is 5.01. The van der Waals surface area contributed by atoms with Gasteiger partial charge in [-0.05, 0) is 12.3 Å². The highest BCUT2D eigenvalue weighted by atomic mass is 19.4. The minimum Gasteiger partial charge on any atom is -0.325 e. The zero-order chi connectivity index (χ0) is 13.9. The maximum absolute atomic E-state index is 12.2.